The van der Waals surface area contributed by atoms with Gasteiger partial charge in [-0.1, -0.05) is 19.1 Å². The van der Waals surface area contributed by atoms with Crippen LogP contribution in [-0.4, -0.2) is 32.7 Å². The zero-order chi connectivity index (χ0) is 17.9. The standard InChI is InChI=1S/C19H23NO4S/c1-3-12-20-13-11-18-15(14-20)5-4-6-19(18)23-16-7-9-17(10-8-16)24-25(2,21)22/h4-10H,3,11-14H2,1-2H3. The van der Waals surface area contributed by atoms with Crippen molar-refractivity contribution in [1.29, 1.82) is 0 Å². The topological polar surface area (TPSA) is 55.8 Å². The van der Waals surface area contributed by atoms with Crippen LogP contribution in [0, 0.1) is 0 Å². The Hall–Kier alpha value is -2.05. The van der Waals surface area contributed by atoms with E-state index in [1.165, 1.54) is 11.1 Å². The second kappa shape index (κ2) is 7.45. The Bertz CT molecular complexity index is 831. The molecule has 5 nitrogen and oxygen atoms in total. The average molecular weight is 361 g/mol. The number of fused-ring (bicyclic) bond motifs is 1. The van der Waals surface area contributed by atoms with Gasteiger partial charge in [0.1, 0.15) is 17.2 Å². The molecule has 0 aliphatic carbocycles. The van der Waals surface area contributed by atoms with Crippen molar-refractivity contribution < 1.29 is 17.3 Å². The molecule has 1 aliphatic rings. The van der Waals surface area contributed by atoms with Crippen molar-refractivity contribution >= 4 is 10.1 Å². The maximum atomic E-state index is 11.2. The highest BCUT2D eigenvalue weighted by Gasteiger charge is 2.19. The fourth-order valence-electron chi connectivity index (χ4n) is 3.10. The third kappa shape index (κ3) is 4.74. The van der Waals surface area contributed by atoms with Crippen molar-refractivity contribution in [2.45, 2.75) is 26.3 Å². The van der Waals surface area contributed by atoms with E-state index in [1.54, 1.807) is 24.3 Å². The second-order valence-electron chi connectivity index (χ2n) is 6.28. The summed E-state index contributed by atoms with van der Waals surface area (Å²) in [5.41, 5.74) is 2.57. The lowest BCUT2D eigenvalue weighted by atomic mass is 9.98. The van der Waals surface area contributed by atoms with Gasteiger partial charge in [0.25, 0.3) is 0 Å². The van der Waals surface area contributed by atoms with Crippen LogP contribution < -0.4 is 8.92 Å². The van der Waals surface area contributed by atoms with Gasteiger partial charge in [-0.2, -0.15) is 8.42 Å². The van der Waals surface area contributed by atoms with Gasteiger partial charge in [0.2, 0.25) is 0 Å². The molecule has 0 aromatic heterocycles. The van der Waals surface area contributed by atoms with Crippen molar-refractivity contribution in [3.05, 3.63) is 53.6 Å². The highest BCUT2D eigenvalue weighted by atomic mass is 32.2. The minimum absolute atomic E-state index is 0.278. The first-order valence-corrected chi connectivity index (χ1v) is 10.3. The Morgan fingerprint density at radius 2 is 1.80 bits per heavy atom. The van der Waals surface area contributed by atoms with Gasteiger partial charge in [0.05, 0.1) is 6.26 Å². The first-order chi connectivity index (χ1) is 11.9. The van der Waals surface area contributed by atoms with E-state index >= 15 is 0 Å². The minimum atomic E-state index is -3.52. The fraction of sp³-hybridized carbons (Fsp3) is 0.368. The molecule has 0 radical (unpaired) electrons. The van der Waals surface area contributed by atoms with E-state index in [-0.39, 0.29) is 5.75 Å². The summed E-state index contributed by atoms with van der Waals surface area (Å²) < 4.78 is 33.2. The first-order valence-electron chi connectivity index (χ1n) is 8.45. The maximum Gasteiger partial charge on any atom is 0.306 e. The summed E-state index contributed by atoms with van der Waals surface area (Å²) in [6.07, 6.45) is 3.16. The van der Waals surface area contributed by atoms with Gasteiger partial charge < -0.3 is 8.92 Å². The lowest BCUT2D eigenvalue weighted by Crippen LogP contribution is -2.31. The lowest BCUT2D eigenvalue weighted by molar-refractivity contribution is 0.252. The second-order valence-corrected chi connectivity index (χ2v) is 7.86. The molecule has 0 saturated heterocycles. The van der Waals surface area contributed by atoms with Crippen LogP contribution in [0.25, 0.3) is 0 Å². The van der Waals surface area contributed by atoms with Crippen LogP contribution in [0.4, 0.5) is 0 Å². The van der Waals surface area contributed by atoms with Gasteiger partial charge in [-0.3, -0.25) is 4.90 Å². The zero-order valence-corrected chi connectivity index (χ0v) is 15.4. The summed E-state index contributed by atoms with van der Waals surface area (Å²) in [5.74, 6) is 1.80. The molecule has 134 valence electrons. The summed E-state index contributed by atoms with van der Waals surface area (Å²) in [6, 6.07) is 12.8. The van der Waals surface area contributed by atoms with Crippen LogP contribution in [0.3, 0.4) is 0 Å². The average Bonchev–Trinajstić information content (AvgIpc) is 2.56. The molecule has 0 fully saturated rings. The molecule has 3 rings (SSSR count). The first kappa shape index (κ1) is 17.8. The van der Waals surface area contributed by atoms with Gasteiger partial charge in [0.15, 0.2) is 0 Å². The SMILES string of the molecule is CCCN1CCc2c(cccc2Oc2ccc(OS(C)(=O)=O)cc2)C1. The molecule has 0 spiro atoms. The van der Waals surface area contributed by atoms with Crippen LogP contribution in [0.15, 0.2) is 42.5 Å². The number of rotatable bonds is 6. The number of ether oxygens (including phenoxy) is 1. The maximum absolute atomic E-state index is 11.2. The molecular weight excluding hydrogens is 338 g/mol. The van der Waals surface area contributed by atoms with E-state index in [2.05, 4.69) is 17.9 Å². The molecule has 0 unspecified atom stereocenters. The highest BCUT2D eigenvalue weighted by molar-refractivity contribution is 7.86. The van der Waals surface area contributed by atoms with E-state index in [1.807, 2.05) is 12.1 Å². The highest BCUT2D eigenvalue weighted by Crippen LogP contribution is 2.32. The molecular formula is C19H23NO4S. The van der Waals surface area contributed by atoms with E-state index in [0.29, 0.717) is 5.75 Å². The molecule has 0 amide bonds. The van der Waals surface area contributed by atoms with Crippen LogP contribution in [0.1, 0.15) is 24.5 Å². The van der Waals surface area contributed by atoms with Gasteiger partial charge in [-0.05, 0) is 55.3 Å². The van der Waals surface area contributed by atoms with Crippen LogP contribution >= 0.6 is 0 Å². The van der Waals surface area contributed by atoms with Crippen molar-refractivity contribution in [2.24, 2.45) is 0 Å². The molecule has 25 heavy (non-hydrogen) atoms. The summed E-state index contributed by atoms with van der Waals surface area (Å²) in [7, 11) is -3.52. The molecule has 0 saturated carbocycles. The van der Waals surface area contributed by atoms with E-state index in [9.17, 15) is 8.42 Å². The zero-order valence-electron chi connectivity index (χ0n) is 14.6. The van der Waals surface area contributed by atoms with Crippen molar-refractivity contribution in [3.63, 3.8) is 0 Å². The Balaban J connectivity index is 1.75. The third-order valence-corrected chi connectivity index (χ3v) is 4.64. The van der Waals surface area contributed by atoms with Gasteiger partial charge in [-0.25, -0.2) is 0 Å². The third-order valence-electron chi connectivity index (χ3n) is 4.14. The van der Waals surface area contributed by atoms with Crippen molar-refractivity contribution in [1.82, 2.24) is 4.90 Å². The molecule has 2 aromatic carbocycles. The number of nitrogens with zero attached hydrogens (tertiary/aromatic N) is 1. The summed E-state index contributed by atoms with van der Waals surface area (Å²) >= 11 is 0. The minimum Gasteiger partial charge on any atom is -0.457 e. The molecule has 0 atom stereocenters. The molecule has 0 bridgehead atoms. The predicted octanol–water partition coefficient (Wildman–Crippen LogP) is 3.59. The van der Waals surface area contributed by atoms with Crippen molar-refractivity contribution in [2.75, 3.05) is 19.3 Å². The quantitative estimate of drug-likeness (QED) is 0.736. The van der Waals surface area contributed by atoms with E-state index in [4.69, 9.17) is 8.92 Å². The molecule has 6 heteroatoms. The molecule has 1 aliphatic heterocycles. The number of benzene rings is 2. The van der Waals surface area contributed by atoms with Crippen molar-refractivity contribution in [3.8, 4) is 17.2 Å². The summed E-state index contributed by atoms with van der Waals surface area (Å²) in [6.45, 7) is 5.32. The van der Waals surface area contributed by atoms with Gasteiger partial charge in [0, 0.05) is 18.7 Å². The number of hydrogen-bond donors (Lipinski definition) is 0. The summed E-state index contributed by atoms with van der Waals surface area (Å²) in [5, 5.41) is 0. The Labute approximate surface area is 149 Å². The monoisotopic (exact) mass is 361 g/mol. The smallest absolute Gasteiger partial charge is 0.306 e. The predicted molar refractivity (Wildman–Crippen MR) is 97.7 cm³/mol. The van der Waals surface area contributed by atoms with Crippen LogP contribution in [0.2, 0.25) is 0 Å². The Morgan fingerprint density at radius 1 is 1.08 bits per heavy atom. The largest absolute Gasteiger partial charge is 0.457 e. The van der Waals surface area contributed by atoms with Crippen LogP contribution in [0.5, 0.6) is 17.2 Å². The molecule has 1 heterocycles. The van der Waals surface area contributed by atoms with E-state index in [0.717, 1.165) is 44.5 Å². The molecule has 2 aromatic rings. The fourth-order valence-corrected chi connectivity index (χ4v) is 3.56. The van der Waals surface area contributed by atoms with Gasteiger partial charge >= 0.3 is 10.1 Å². The Kier molecular flexibility index (Phi) is 5.30. The van der Waals surface area contributed by atoms with Crippen LogP contribution in [-0.2, 0) is 23.1 Å². The summed E-state index contributed by atoms with van der Waals surface area (Å²) in [4.78, 5) is 2.46. The Morgan fingerprint density at radius 3 is 2.48 bits per heavy atom. The molecule has 0 N–H and O–H groups in total. The van der Waals surface area contributed by atoms with Gasteiger partial charge in [-0.15, -0.1) is 0 Å². The van der Waals surface area contributed by atoms with E-state index < -0.39 is 10.1 Å². The lowest BCUT2D eigenvalue weighted by Gasteiger charge is -2.29. The number of hydrogen-bond acceptors (Lipinski definition) is 5. The normalized spacial score (nSPS) is 14.8.